The van der Waals surface area contributed by atoms with Crippen LogP contribution in [0.5, 0.6) is 0 Å². The Kier molecular flexibility index (Phi) is 7.67. The smallest absolute Gasteiger partial charge is 0.221 e. The van der Waals surface area contributed by atoms with E-state index in [2.05, 4.69) is 5.32 Å². The van der Waals surface area contributed by atoms with Crippen molar-refractivity contribution in [2.45, 2.75) is 37.6 Å². The summed E-state index contributed by atoms with van der Waals surface area (Å²) < 4.78 is 25.8. The minimum Gasteiger partial charge on any atom is -0.396 e. The molecule has 0 aliphatic rings. The second-order valence-corrected chi connectivity index (χ2v) is 6.27. The Morgan fingerprint density at radius 1 is 1.33 bits per heavy atom. The number of halogens is 2. The van der Waals surface area contributed by atoms with Gasteiger partial charge in [-0.25, -0.2) is 8.78 Å². The first-order valence-corrected chi connectivity index (χ1v) is 7.90. The first-order valence-electron chi connectivity index (χ1n) is 6.92. The summed E-state index contributed by atoms with van der Waals surface area (Å²) >= 11 is 1.30. The van der Waals surface area contributed by atoms with Crippen LogP contribution in [0.2, 0.25) is 0 Å². The van der Waals surface area contributed by atoms with Gasteiger partial charge in [0.2, 0.25) is 5.91 Å². The molecule has 1 amide bonds. The molecule has 0 spiro atoms. The number of carbonyl (C=O) groups is 1. The Labute approximate surface area is 128 Å². The van der Waals surface area contributed by atoms with Crippen molar-refractivity contribution in [3.8, 4) is 0 Å². The fourth-order valence-electron chi connectivity index (χ4n) is 1.82. The average Bonchev–Trinajstić information content (AvgIpc) is 2.42. The lowest BCUT2D eigenvalue weighted by molar-refractivity contribution is -0.121. The molecular formula is C15H21F2NO2S. The fourth-order valence-corrected chi connectivity index (χ4v) is 2.69. The van der Waals surface area contributed by atoms with E-state index in [4.69, 9.17) is 5.11 Å². The van der Waals surface area contributed by atoms with Crippen LogP contribution in [-0.4, -0.2) is 29.4 Å². The van der Waals surface area contributed by atoms with Crippen molar-refractivity contribution in [1.29, 1.82) is 0 Å². The molecule has 2 N–H and O–H groups in total. The molecule has 21 heavy (non-hydrogen) atoms. The van der Waals surface area contributed by atoms with E-state index >= 15 is 0 Å². The molecule has 0 fully saturated rings. The van der Waals surface area contributed by atoms with Crippen molar-refractivity contribution in [2.75, 3.05) is 12.4 Å². The zero-order valence-electron chi connectivity index (χ0n) is 12.2. The van der Waals surface area contributed by atoms with Gasteiger partial charge >= 0.3 is 0 Å². The quantitative estimate of drug-likeness (QED) is 0.725. The first kappa shape index (κ1) is 17.9. The van der Waals surface area contributed by atoms with Gasteiger partial charge in [0.05, 0.1) is 0 Å². The van der Waals surface area contributed by atoms with Crippen molar-refractivity contribution in [3.63, 3.8) is 0 Å². The summed E-state index contributed by atoms with van der Waals surface area (Å²) in [7, 11) is 0. The highest BCUT2D eigenvalue weighted by atomic mass is 32.2. The van der Waals surface area contributed by atoms with Gasteiger partial charge in [-0.05, 0) is 30.5 Å². The number of aliphatic hydroxyl groups is 1. The van der Waals surface area contributed by atoms with Crippen molar-refractivity contribution in [3.05, 3.63) is 29.8 Å². The third-order valence-corrected chi connectivity index (χ3v) is 4.08. The van der Waals surface area contributed by atoms with Crippen LogP contribution in [0, 0.1) is 17.6 Å². The lowest BCUT2D eigenvalue weighted by atomic mass is 10.0. The summed E-state index contributed by atoms with van der Waals surface area (Å²) in [5.41, 5.74) is 0. The number of amides is 1. The highest BCUT2D eigenvalue weighted by molar-refractivity contribution is 7.99. The average molecular weight is 317 g/mol. The Bertz CT molecular complexity index is 469. The maximum Gasteiger partial charge on any atom is 0.221 e. The number of benzene rings is 1. The maximum atomic E-state index is 13.0. The number of hydrogen-bond acceptors (Lipinski definition) is 3. The van der Waals surface area contributed by atoms with E-state index < -0.39 is 11.6 Å². The molecule has 0 aliphatic carbocycles. The molecule has 1 rings (SSSR count). The molecule has 0 heterocycles. The number of carbonyl (C=O) groups excluding carboxylic acids is 1. The van der Waals surface area contributed by atoms with E-state index in [1.807, 2.05) is 13.8 Å². The first-order chi connectivity index (χ1) is 9.93. The van der Waals surface area contributed by atoms with Gasteiger partial charge in [0.1, 0.15) is 0 Å². The summed E-state index contributed by atoms with van der Waals surface area (Å²) in [6, 6.07) is 3.65. The van der Waals surface area contributed by atoms with Crippen LogP contribution in [0.25, 0.3) is 0 Å². The molecule has 1 aromatic rings. The van der Waals surface area contributed by atoms with E-state index in [1.54, 1.807) is 0 Å². The molecule has 0 aromatic heterocycles. The highest BCUT2D eigenvalue weighted by Crippen LogP contribution is 2.21. The van der Waals surface area contributed by atoms with E-state index in [-0.39, 0.29) is 30.9 Å². The SMILES string of the molecule is CC(C)C(CCO)NC(=O)CCSc1ccc(F)c(F)c1. The predicted molar refractivity (Wildman–Crippen MR) is 80.2 cm³/mol. The minimum absolute atomic E-state index is 0.0345. The van der Waals surface area contributed by atoms with Crippen molar-refractivity contribution < 1.29 is 18.7 Å². The van der Waals surface area contributed by atoms with Crippen LogP contribution < -0.4 is 5.32 Å². The van der Waals surface area contributed by atoms with Crippen LogP contribution in [0.15, 0.2) is 23.1 Å². The number of aliphatic hydroxyl groups excluding tert-OH is 1. The highest BCUT2D eigenvalue weighted by Gasteiger charge is 2.15. The lowest BCUT2D eigenvalue weighted by Crippen LogP contribution is -2.39. The van der Waals surface area contributed by atoms with Crippen molar-refractivity contribution >= 4 is 17.7 Å². The Balaban J connectivity index is 2.37. The zero-order valence-corrected chi connectivity index (χ0v) is 13.1. The largest absolute Gasteiger partial charge is 0.396 e. The Morgan fingerprint density at radius 3 is 2.62 bits per heavy atom. The van der Waals surface area contributed by atoms with Crippen LogP contribution in [-0.2, 0) is 4.79 Å². The summed E-state index contributed by atoms with van der Waals surface area (Å²) in [5.74, 6) is -1.12. The van der Waals surface area contributed by atoms with Crippen molar-refractivity contribution in [2.24, 2.45) is 5.92 Å². The van der Waals surface area contributed by atoms with Gasteiger partial charge in [-0.3, -0.25) is 4.79 Å². The molecule has 0 saturated heterocycles. The van der Waals surface area contributed by atoms with Crippen LogP contribution in [0.1, 0.15) is 26.7 Å². The molecular weight excluding hydrogens is 296 g/mol. The molecule has 0 aliphatic heterocycles. The van der Waals surface area contributed by atoms with Crippen LogP contribution in [0.4, 0.5) is 8.78 Å². The summed E-state index contributed by atoms with van der Waals surface area (Å²) in [6.45, 7) is 4.00. The van der Waals surface area contributed by atoms with Crippen molar-refractivity contribution in [1.82, 2.24) is 5.32 Å². The van der Waals surface area contributed by atoms with E-state index in [1.165, 1.54) is 17.8 Å². The number of hydrogen-bond donors (Lipinski definition) is 2. The normalized spacial score (nSPS) is 12.5. The van der Waals surface area contributed by atoms with E-state index in [0.29, 0.717) is 17.1 Å². The zero-order chi connectivity index (χ0) is 15.8. The molecule has 3 nitrogen and oxygen atoms in total. The van der Waals surface area contributed by atoms with E-state index in [9.17, 15) is 13.6 Å². The third-order valence-electron chi connectivity index (χ3n) is 3.08. The molecule has 1 aromatic carbocycles. The molecule has 0 bridgehead atoms. The number of nitrogens with one attached hydrogen (secondary N) is 1. The Hall–Kier alpha value is -1.14. The third kappa shape index (κ3) is 6.44. The Morgan fingerprint density at radius 2 is 2.05 bits per heavy atom. The molecule has 0 radical (unpaired) electrons. The van der Waals surface area contributed by atoms with Gasteiger partial charge in [-0.1, -0.05) is 13.8 Å². The van der Waals surface area contributed by atoms with Gasteiger partial charge in [0.15, 0.2) is 11.6 Å². The van der Waals surface area contributed by atoms with Crippen LogP contribution in [0.3, 0.4) is 0 Å². The summed E-state index contributed by atoms with van der Waals surface area (Å²) in [4.78, 5) is 12.4. The summed E-state index contributed by atoms with van der Waals surface area (Å²) in [5, 5.41) is 11.8. The molecule has 1 atom stereocenters. The monoisotopic (exact) mass is 317 g/mol. The van der Waals surface area contributed by atoms with Gasteiger partial charge in [-0.15, -0.1) is 11.8 Å². The van der Waals surface area contributed by atoms with Gasteiger partial charge in [0.25, 0.3) is 0 Å². The molecule has 118 valence electrons. The molecule has 0 saturated carbocycles. The molecule has 1 unspecified atom stereocenters. The van der Waals surface area contributed by atoms with Crippen LogP contribution >= 0.6 is 11.8 Å². The molecule has 6 heteroatoms. The maximum absolute atomic E-state index is 13.0. The second kappa shape index (κ2) is 9.00. The number of rotatable bonds is 8. The standard InChI is InChI=1S/C15H21F2NO2S/c1-10(2)14(5-7-19)18-15(20)6-8-21-11-3-4-12(16)13(17)9-11/h3-4,9-10,14,19H,5-8H2,1-2H3,(H,18,20). The van der Waals surface area contributed by atoms with Gasteiger partial charge in [-0.2, -0.15) is 0 Å². The second-order valence-electron chi connectivity index (χ2n) is 5.10. The predicted octanol–water partition coefficient (Wildman–Crippen LogP) is 2.97. The minimum atomic E-state index is -0.882. The number of thioether (sulfide) groups is 1. The van der Waals surface area contributed by atoms with Gasteiger partial charge in [0, 0.05) is 29.7 Å². The van der Waals surface area contributed by atoms with Gasteiger partial charge < -0.3 is 10.4 Å². The lowest BCUT2D eigenvalue weighted by Gasteiger charge is -2.21. The topological polar surface area (TPSA) is 49.3 Å². The summed E-state index contributed by atoms with van der Waals surface area (Å²) in [6.07, 6.45) is 0.817. The fraction of sp³-hybridized carbons (Fsp3) is 0.533. The van der Waals surface area contributed by atoms with E-state index in [0.717, 1.165) is 12.1 Å².